The van der Waals surface area contributed by atoms with Gasteiger partial charge in [0.25, 0.3) is 0 Å². The van der Waals surface area contributed by atoms with E-state index < -0.39 is 0 Å². The number of thiazole rings is 1. The Kier molecular flexibility index (Phi) is 3.90. The lowest BCUT2D eigenvalue weighted by atomic mass is 10.1. The van der Waals surface area contributed by atoms with Crippen LogP contribution in [0, 0.1) is 6.92 Å². The quantitative estimate of drug-likeness (QED) is 0.864. The number of aryl methyl sites for hydroxylation is 1. The lowest BCUT2D eigenvalue weighted by molar-refractivity contribution is 0.603. The minimum Gasteiger partial charge on any atom is -0.310 e. The highest BCUT2D eigenvalue weighted by Crippen LogP contribution is 2.41. The van der Waals surface area contributed by atoms with Crippen molar-refractivity contribution >= 4 is 11.3 Å². The van der Waals surface area contributed by atoms with Gasteiger partial charge in [-0.25, -0.2) is 4.98 Å². The summed E-state index contributed by atoms with van der Waals surface area (Å²) in [6, 6.07) is 9.33. The fraction of sp³-hybridized carbons (Fsp3) is 0.471. The first-order valence-electron chi connectivity index (χ1n) is 7.50. The summed E-state index contributed by atoms with van der Waals surface area (Å²) in [6.07, 6.45) is 2.70. The van der Waals surface area contributed by atoms with E-state index >= 15 is 0 Å². The Morgan fingerprint density at radius 1 is 1.40 bits per heavy atom. The monoisotopic (exact) mass is 286 g/mol. The molecular formula is C17H22N2S. The molecular weight excluding hydrogens is 264 g/mol. The Bertz CT molecular complexity index is 599. The summed E-state index contributed by atoms with van der Waals surface area (Å²) in [5.74, 6) is 0.802. The van der Waals surface area contributed by atoms with Gasteiger partial charge in [0, 0.05) is 16.5 Å². The molecule has 3 heteroatoms. The third-order valence-electron chi connectivity index (χ3n) is 3.92. The van der Waals surface area contributed by atoms with Crippen LogP contribution < -0.4 is 5.32 Å². The molecule has 1 saturated carbocycles. The molecule has 0 radical (unpaired) electrons. The van der Waals surface area contributed by atoms with Gasteiger partial charge in [-0.3, -0.25) is 0 Å². The Morgan fingerprint density at radius 2 is 2.20 bits per heavy atom. The third kappa shape index (κ3) is 2.79. The highest BCUT2D eigenvalue weighted by Gasteiger charge is 2.24. The standard InChI is InChI=1S/C17H22N2S/c1-4-18-11(2)16-12(3)19-17(20-16)15-7-5-6-14(10-15)13-8-9-13/h5-7,10-11,13,18H,4,8-9H2,1-3H3. The minimum atomic E-state index is 0.387. The van der Waals surface area contributed by atoms with Crippen LogP contribution in [0.3, 0.4) is 0 Å². The van der Waals surface area contributed by atoms with Crippen molar-refractivity contribution < 1.29 is 0 Å². The third-order valence-corrected chi connectivity index (χ3v) is 5.31. The SMILES string of the molecule is CCNC(C)c1sc(-c2cccc(C3CC3)c2)nc1C. The van der Waals surface area contributed by atoms with Gasteiger partial charge in [0.2, 0.25) is 0 Å². The van der Waals surface area contributed by atoms with Gasteiger partial charge in [-0.2, -0.15) is 0 Å². The van der Waals surface area contributed by atoms with Crippen molar-refractivity contribution in [2.45, 2.75) is 45.6 Å². The van der Waals surface area contributed by atoms with E-state index in [1.165, 1.54) is 28.8 Å². The minimum absolute atomic E-state index is 0.387. The maximum atomic E-state index is 4.78. The molecule has 0 spiro atoms. The molecule has 1 heterocycles. The number of aromatic nitrogens is 1. The van der Waals surface area contributed by atoms with Crippen molar-refractivity contribution in [2.75, 3.05) is 6.54 Å². The number of nitrogens with one attached hydrogen (secondary N) is 1. The molecule has 1 aromatic heterocycles. The zero-order valence-corrected chi connectivity index (χ0v) is 13.3. The van der Waals surface area contributed by atoms with Gasteiger partial charge in [-0.1, -0.05) is 25.1 Å². The summed E-state index contributed by atoms with van der Waals surface area (Å²) in [5, 5.41) is 4.63. The molecule has 0 bridgehead atoms. The van der Waals surface area contributed by atoms with E-state index in [2.05, 4.69) is 50.4 Å². The topological polar surface area (TPSA) is 24.9 Å². The van der Waals surface area contributed by atoms with E-state index in [4.69, 9.17) is 4.98 Å². The Hall–Kier alpha value is -1.19. The average Bonchev–Trinajstić information content (AvgIpc) is 3.22. The average molecular weight is 286 g/mol. The van der Waals surface area contributed by atoms with Crippen LogP contribution in [0.5, 0.6) is 0 Å². The molecule has 20 heavy (non-hydrogen) atoms. The fourth-order valence-corrected chi connectivity index (χ4v) is 3.76. The Labute approximate surface area is 125 Å². The predicted molar refractivity (Wildman–Crippen MR) is 86.4 cm³/mol. The van der Waals surface area contributed by atoms with Gasteiger partial charge in [0.05, 0.1) is 5.69 Å². The number of hydrogen-bond acceptors (Lipinski definition) is 3. The van der Waals surface area contributed by atoms with Gasteiger partial charge in [-0.15, -0.1) is 11.3 Å². The first-order valence-corrected chi connectivity index (χ1v) is 8.31. The van der Waals surface area contributed by atoms with E-state index in [0.717, 1.165) is 23.2 Å². The molecule has 1 fully saturated rings. The van der Waals surface area contributed by atoms with Crippen LogP contribution in [0.2, 0.25) is 0 Å². The van der Waals surface area contributed by atoms with Crippen LogP contribution >= 0.6 is 11.3 Å². The summed E-state index contributed by atoms with van der Waals surface area (Å²) in [7, 11) is 0. The summed E-state index contributed by atoms with van der Waals surface area (Å²) in [6.45, 7) is 7.47. The zero-order valence-electron chi connectivity index (χ0n) is 12.4. The lowest BCUT2D eigenvalue weighted by Gasteiger charge is -2.09. The normalized spacial score (nSPS) is 16.4. The first-order chi connectivity index (χ1) is 9.69. The highest BCUT2D eigenvalue weighted by atomic mass is 32.1. The number of hydrogen-bond donors (Lipinski definition) is 1. The zero-order chi connectivity index (χ0) is 14.1. The molecule has 2 nitrogen and oxygen atoms in total. The van der Waals surface area contributed by atoms with E-state index in [0.29, 0.717) is 6.04 Å². The molecule has 0 amide bonds. The molecule has 3 rings (SSSR count). The van der Waals surface area contributed by atoms with Crippen molar-refractivity contribution in [1.29, 1.82) is 0 Å². The van der Waals surface area contributed by atoms with Crippen molar-refractivity contribution in [3.8, 4) is 10.6 Å². The van der Waals surface area contributed by atoms with Crippen LogP contribution in [0.25, 0.3) is 10.6 Å². The molecule has 1 atom stereocenters. The van der Waals surface area contributed by atoms with E-state index in [1.54, 1.807) is 0 Å². The fourth-order valence-electron chi connectivity index (χ4n) is 2.67. The van der Waals surface area contributed by atoms with Crippen LogP contribution in [0.15, 0.2) is 24.3 Å². The van der Waals surface area contributed by atoms with Gasteiger partial charge < -0.3 is 5.32 Å². The smallest absolute Gasteiger partial charge is 0.123 e. The van der Waals surface area contributed by atoms with Crippen LogP contribution in [0.4, 0.5) is 0 Å². The van der Waals surface area contributed by atoms with Crippen molar-refractivity contribution in [2.24, 2.45) is 0 Å². The second-order valence-electron chi connectivity index (χ2n) is 5.65. The van der Waals surface area contributed by atoms with E-state index in [9.17, 15) is 0 Å². The van der Waals surface area contributed by atoms with Crippen LogP contribution in [0.1, 0.15) is 54.8 Å². The van der Waals surface area contributed by atoms with E-state index in [-0.39, 0.29) is 0 Å². The van der Waals surface area contributed by atoms with Gasteiger partial charge in [-0.05, 0) is 50.8 Å². The first kappa shape index (κ1) is 13.8. The molecule has 1 aliphatic rings. The van der Waals surface area contributed by atoms with Crippen LogP contribution in [-0.2, 0) is 0 Å². The van der Waals surface area contributed by atoms with Crippen molar-refractivity contribution in [3.63, 3.8) is 0 Å². The highest BCUT2D eigenvalue weighted by molar-refractivity contribution is 7.15. The Balaban J connectivity index is 1.90. The van der Waals surface area contributed by atoms with Gasteiger partial charge >= 0.3 is 0 Å². The van der Waals surface area contributed by atoms with Gasteiger partial charge in [0.15, 0.2) is 0 Å². The predicted octanol–water partition coefficient (Wildman–Crippen LogP) is 4.67. The van der Waals surface area contributed by atoms with Crippen molar-refractivity contribution in [1.82, 2.24) is 10.3 Å². The molecule has 1 N–H and O–H groups in total. The molecule has 1 aliphatic carbocycles. The summed E-state index contributed by atoms with van der Waals surface area (Å²) >= 11 is 1.83. The number of nitrogens with zero attached hydrogens (tertiary/aromatic N) is 1. The number of benzene rings is 1. The van der Waals surface area contributed by atoms with Gasteiger partial charge in [0.1, 0.15) is 5.01 Å². The molecule has 2 aromatic rings. The maximum absolute atomic E-state index is 4.78. The largest absolute Gasteiger partial charge is 0.310 e. The number of rotatable bonds is 5. The second-order valence-corrected chi connectivity index (χ2v) is 6.68. The Morgan fingerprint density at radius 3 is 2.90 bits per heavy atom. The second kappa shape index (κ2) is 5.66. The summed E-state index contributed by atoms with van der Waals surface area (Å²) in [4.78, 5) is 6.14. The molecule has 1 unspecified atom stereocenters. The van der Waals surface area contributed by atoms with E-state index in [1.807, 2.05) is 11.3 Å². The van der Waals surface area contributed by atoms with Crippen LogP contribution in [-0.4, -0.2) is 11.5 Å². The molecule has 0 saturated heterocycles. The lowest BCUT2D eigenvalue weighted by Crippen LogP contribution is -2.17. The summed E-state index contributed by atoms with van der Waals surface area (Å²) < 4.78 is 0. The molecule has 1 aromatic carbocycles. The molecule has 106 valence electrons. The maximum Gasteiger partial charge on any atom is 0.123 e. The van der Waals surface area contributed by atoms with Crippen molar-refractivity contribution in [3.05, 3.63) is 40.4 Å². The summed E-state index contributed by atoms with van der Waals surface area (Å²) in [5.41, 5.74) is 3.92. The molecule has 0 aliphatic heterocycles.